The highest BCUT2D eigenvalue weighted by molar-refractivity contribution is 5.50. The highest BCUT2D eigenvalue weighted by atomic mass is 16.5. The van der Waals surface area contributed by atoms with Gasteiger partial charge < -0.3 is 14.8 Å². The Morgan fingerprint density at radius 2 is 2.32 bits per heavy atom. The number of nitrogens with zero attached hydrogens (tertiary/aromatic N) is 1. The van der Waals surface area contributed by atoms with E-state index in [9.17, 15) is 0 Å². The van der Waals surface area contributed by atoms with Crippen molar-refractivity contribution in [2.75, 3.05) is 45.2 Å². The van der Waals surface area contributed by atoms with Crippen LogP contribution in [0.2, 0.25) is 0 Å². The quantitative estimate of drug-likeness (QED) is 0.883. The molecule has 1 fully saturated rings. The van der Waals surface area contributed by atoms with E-state index in [0.29, 0.717) is 0 Å². The second-order valence-corrected chi connectivity index (χ2v) is 4.95. The van der Waals surface area contributed by atoms with E-state index in [1.807, 2.05) is 12.1 Å². The highest BCUT2D eigenvalue weighted by Crippen LogP contribution is 2.21. The van der Waals surface area contributed by atoms with E-state index in [1.54, 1.807) is 7.11 Å². The van der Waals surface area contributed by atoms with Gasteiger partial charge in [0.05, 0.1) is 19.8 Å². The lowest BCUT2D eigenvalue weighted by Crippen LogP contribution is -2.45. The van der Waals surface area contributed by atoms with Gasteiger partial charge in [-0.3, -0.25) is 4.90 Å². The van der Waals surface area contributed by atoms with Gasteiger partial charge in [-0.2, -0.15) is 0 Å². The van der Waals surface area contributed by atoms with E-state index in [0.717, 1.165) is 49.8 Å². The monoisotopic (exact) mass is 264 g/mol. The minimum absolute atomic E-state index is 0.274. The molecule has 1 heterocycles. The Hall–Kier alpha value is -1.26. The zero-order valence-corrected chi connectivity index (χ0v) is 12.1. The number of anilines is 1. The van der Waals surface area contributed by atoms with E-state index in [1.165, 1.54) is 0 Å². The van der Waals surface area contributed by atoms with Crippen molar-refractivity contribution in [1.29, 1.82) is 0 Å². The van der Waals surface area contributed by atoms with Gasteiger partial charge in [0.1, 0.15) is 5.75 Å². The van der Waals surface area contributed by atoms with Crippen LogP contribution in [0.5, 0.6) is 5.75 Å². The van der Waals surface area contributed by atoms with Gasteiger partial charge in [0, 0.05) is 25.3 Å². The maximum Gasteiger partial charge on any atom is 0.121 e. The normalized spacial score (nSPS) is 20.3. The van der Waals surface area contributed by atoms with Crippen molar-refractivity contribution in [1.82, 2.24) is 4.90 Å². The molecule has 0 amide bonds. The standard InChI is InChI=1S/C15H24N2O2/c1-4-17-7-8-19-14(11-17)10-16-13-5-6-15(18-3)12(2)9-13/h5-6,9,14,16H,4,7-8,10-11H2,1-3H3. The van der Waals surface area contributed by atoms with Crippen LogP contribution in [-0.4, -0.2) is 50.9 Å². The molecule has 4 nitrogen and oxygen atoms in total. The van der Waals surface area contributed by atoms with Crippen molar-refractivity contribution in [3.05, 3.63) is 23.8 Å². The number of methoxy groups -OCH3 is 1. The molecule has 0 aliphatic carbocycles. The third-order valence-corrected chi connectivity index (χ3v) is 3.60. The van der Waals surface area contributed by atoms with Gasteiger partial charge in [0.25, 0.3) is 0 Å². The van der Waals surface area contributed by atoms with Crippen LogP contribution in [0.4, 0.5) is 5.69 Å². The summed E-state index contributed by atoms with van der Waals surface area (Å²) in [5, 5.41) is 3.44. The first kappa shape index (κ1) is 14.2. The minimum atomic E-state index is 0.274. The molecule has 1 aromatic rings. The molecule has 19 heavy (non-hydrogen) atoms. The molecule has 1 aliphatic heterocycles. The fourth-order valence-corrected chi connectivity index (χ4v) is 2.41. The molecule has 1 saturated heterocycles. The molecule has 1 unspecified atom stereocenters. The Morgan fingerprint density at radius 1 is 1.47 bits per heavy atom. The predicted molar refractivity (Wildman–Crippen MR) is 78.1 cm³/mol. The predicted octanol–water partition coefficient (Wildman–Crippen LogP) is 2.14. The first-order valence-corrected chi connectivity index (χ1v) is 6.95. The van der Waals surface area contributed by atoms with Gasteiger partial charge in [0.2, 0.25) is 0 Å². The zero-order valence-electron chi connectivity index (χ0n) is 12.1. The second-order valence-electron chi connectivity index (χ2n) is 4.95. The number of likely N-dealkylation sites (N-methyl/N-ethyl adjacent to an activating group) is 1. The van der Waals surface area contributed by atoms with Crippen molar-refractivity contribution in [2.24, 2.45) is 0 Å². The summed E-state index contributed by atoms with van der Waals surface area (Å²) in [6.45, 7) is 9.10. The molecule has 1 aromatic carbocycles. The summed E-state index contributed by atoms with van der Waals surface area (Å²) in [4.78, 5) is 2.43. The summed E-state index contributed by atoms with van der Waals surface area (Å²) < 4.78 is 11.0. The number of hydrogen-bond donors (Lipinski definition) is 1. The number of rotatable bonds is 5. The summed E-state index contributed by atoms with van der Waals surface area (Å²) in [6.07, 6.45) is 0.274. The number of benzene rings is 1. The molecule has 4 heteroatoms. The molecule has 0 radical (unpaired) electrons. The molecule has 0 bridgehead atoms. The summed E-state index contributed by atoms with van der Waals surface area (Å²) in [5.41, 5.74) is 2.27. The largest absolute Gasteiger partial charge is 0.496 e. The van der Waals surface area contributed by atoms with Crippen molar-refractivity contribution < 1.29 is 9.47 Å². The van der Waals surface area contributed by atoms with Gasteiger partial charge in [-0.05, 0) is 37.2 Å². The van der Waals surface area contributed by atoms with Crippen molar-refractivity contribution >= 4 is 5.69 Å². The number of morpholine rings is 1. The van der Waals surface area contributed by atoms with Crippen LogP contribution in [0.1, 0.15) is 12.5 Å². The van der Waals surface area contributed by atoms with Crippen LogP contribution < -0.4 is 10.1 Å². The highest BCUT2D eigenvalue weighted by Gasteiger charge is 2.18. The van der Waals surface area contributed by atoms with Crippen molar-refractivity contribution in [2.45, 2.75) is 20.0 Å². The molecule has 1 atom stereocenters. The number of nitrogens with one attached hydrogen (secondary N) is 1. The lowest BCUT2D eigenvalue weighted by Gasteiger charge is -2.32. The van der Waals surface area contributed by atoms with Gasteiger partial charge in [-0.15, -0.1) is 0 Å². The van der Waals surface area contributed by atoms with E-state index in [2.05, 4.69) is 30.1 Å². The van der Waals surface area contributed by atoms with Gasteiger partial charge in [-0.25, -0.2) is 0 Å². The molecule has 2 rings (SSSR count). The van der Waals surface area contributed by atoms with Gasteiger partial charge in [0.15, 0.2) is 0 Å². The Labute approximate surface area is 115 Å². The SMILES string of the molecule is CCN1CCOC(CNc2ccc(OC)c(C)c2)C1. The van der Waals surface area contributed by atoms with E-state index in [-0.39, 0.29) is 6.10 Å². The molecule has 0 spiro atoms. The molecular formula is C15H24N2O2. The van der Waals surface area contributed by atoms with E-state index >= 15 is 0 Å². The summed E-state index contributed by atoms with van der Waals surface area (Å²) in [7, 11) is 1.70. The lowest BCUT2D eigenvalue weighted by molar-refractivity contribution is -0.0191. The zero-order chi connectivity index (χ0) is 13.7. The first-order chi connectivity index (χ1) is 9.22. The molecule has 0 saturated carbocycles. The van der Waals surface area contributed by atoms with Crippen molar-refractivity contribution in [3.63, 3.8) is 0 Å². The lowest BCUT2D eigenvalue weighted by atomic mass is 10.2. The smallest absolute Gasteiger partial charge is 0.121 e. The summed E-state index contributed by atoms with van der Waals surface area (Å²) in [6, 6.07) is 6.16. The Morgan fingerprint density at radius 3 is 3.00 bits per heavy atom. The molecular weight excluding hydrogens is 240 g/mol. The molecule has 1 aliphatic rings. The summed E-state index contributed by atoms with van der Waals surface area (Å²) in [5.74, 6) is 0.927. The Balaban J connectivity index is 1.86. The van der Waals surface area contributed by atoms with Crippen LogP contribution in [-0.2, 0) is 4.74 Å². The number of ether oxygens (including phenoxy) is 2. The van der Waals surface area contributed by atoms with Crippen LogP contribution in [0.3, 0.4) is 0 Å². The molecule has 0 aromatic heterocycles. The van der Waals surface area contributed by atoms with Crippen LogP contribution in [0.25, 0.3) is 0 Å². The van der Waals surface area contributed by atoms with Crippen LogP contribution in [0.15, 0.2) is 18.2 Å². The first-order valence-electron chi connectivity index (χ1n) is 6.95. The topological polar surface area (TPSA) is 33.7 Å². The van der Waals surface area contributed by atoms with Gasteiger partial charge in [-0.1, -0.05) is 6.92 Å². The average Bonchev–Trinajstić information content (AvgIpc) is 2.45. The Bertz CT molecular complexity index is 409. The third kappa shape index (κ3) is 3.85. The third-order valence-electron chi connectivity index (χ3n) is 3.60. The fraction of sp³-hybridized carbons (Fsp3) is 0.600. The Kier molecular flexibility index (Phi) is 5.05. The van der Waals surface area contributed by atoms with Crippen LogP contribution >= 0.6 is 0 Å². The van der Waals surface area contributed by atoms with Crippen LogP contribution in [0, 0.1) is 6.92 Å². The number of hydrogen-bond acceptors (Lipinski definition) is 4. The minimum Gasteiger partial charge on any atom is -0.496 e. The second kappa shape index (κ2) is 6.78. The average molecular weight is 264 g/mol. The molecule has 106 valence electrons. The molecule has 1 N–H and O–H groups in total. The summed E-state index contributed by atoms with van der Waals surface area (Å²) >= 11 is 0. The van der Waals surface area contributed by atoms with Gasteiger partial charge >= 0.3 is 0 Å². The number of aryl methyl sites for hydroxylation is 1. The maximum absolute atomic E-state index is 5.78. The van der Waals surface area contributed by atoms with E-state index in [4.69, 9.17) is 9.47 Å². The maximum atomic E-state index is 5.78. The van der Waals surface area contributed by atoms with E-state index < -0.39 is 0 Å². The fourth-order valence-electron chi connectivity index (χ4n) is 2.41. The van der Waals surface area contributed by atoms with Crippen molar-refractivity contribution in [3.8, 4) is 5.75 Å².